The van der Waals surface area contributed by atoms with Crippen molar-refractivity contribution in [3.05, 3.63) is 0 Å². The lowest BCUT2D eigenvalue weighted by Crippen LogP contribution is -2.13. The van der Waals surface area contributed by atoms with Crippen LogP contribution in [0.1, 0.15) is 26.7 Å². The number of aliphatic carboxylic acids is 1. The van der Waals surface area contributed by atoms with E-state index < -0.39 is 5.97 Å². The minimum atomic E-state index is -0.579. The third-order valence-electron chi connectivity index (χ3n) is 3.63. The van der Waals surface area contributed by atoms with Gasteiger partial charge in [0.1, 0.15) is 0 Å². The molecule has 0 spiro atoms. The molecule has 1 N–H and O–H groups in total. The van der Waals surface area contributed by atoms with Crippen molar-refractivity contribution in [3.63, 3.8) is 0 Å². The van der Waals surface area contributed by atoms with Gasteiger partial charge in [0.2, 0.25) is 0 Å². The molecule has 0 amide bonds. The molecule has 68 valence electrons. The van der Waals surface area contributed by atoms with E-state index in [-0.39, 0.29) is 5.92 Å². The number of carboxylic acids is 1. The Labute approximate surface area is 73.0 Å². The Bertz CT molecular complexity index is 198. The molecule has 0 aromatic rings. The van der Waals surface area contributed by atoms with Gasteiger partial charge in [0.25, 0.3) is 0 Å². The second-order valence-corrected chi connectivity index (χ2v) is 4.66. The maximum Gasteiger partial charge on any atom is 0.306 e. The predicted octanol–water partition coefficient (Wildman–Crippen LogP) is 2.00. The Kier molecular flexibility index (Phi) is 1.67. The molecule has 2 rings (SSSR count). The lowest BCUT2D eigenvalue weighted by atomic mass is 9.95. The van der Waals surface area contributed by atoms with Crippen molar-refractivity contribution >= 4 is 5.97 Å². The summed E-state index contributed by atoms with van der Waals surface area (Å²) in [5.41, 5.74) is 0. The number of rotatable bonds is 2. The minimum absolute atomic E-state index is 0.0185. The van der Waals surface area contributed by atoms with Crippen LogP contribution in [0.15, 0.2) is 0 Å². The van der Waals surface area contributed by atoms with E-state index in [2.05, 4.69) is 13.8 Å². The average Bonchev–Trinajstić information content (AvgIpc) is 2.48. The molecule has 2 heteroatoms. The second-order valence-electron chi connectivity index (χ2n) is 4.66. The summed E-state index contributed by atoms with van der Waals surface area (Å²) in [6.45, 7) is 4.50. The van der Waals surface area contributed by atoms with Crippen molar-refractivity contribution < 1.29 is 9.90 Å². The predicted molar refractivity (Wildman–Crippen MR) is 45.7 cm³/mol. The maximum atomic E-state index is 10.6. The quantitative estimate of drug-likeness (QED) is 0.684. The molecule has 2 saturated carbocycles. The van der Waals surface area contributed by atoms with Crippen molar-refractivity contribution in [3.8, 4) is 0 Å². The fourth-order valence-electron chi connectivity index (χ4n) is 3.08. The Balaban J connectivity index is 1.90. The summed E-state index contributed by atoms with van der Waals surface area (Å²) in [6, 6.07) is 0. The molecule has 2 nitrogen and oxygen atoms in total. The average molecular weight is 168 g/mol. The van der Waals surface area contributed by atoms with Gasteiger partial charge in [0, 0.05) is 0 Å². The standard InChI is InChI=1S/C10H16O2/c1-5(2)9-7-3-6(10(11)12)4-8(7)9/h5-9H,3-4H2,1-2H3,(H,11,12). The topological polar surface area (TPSA) is 37.3 Å². The van der Waals surface area contributed by atoms with Crippen molar-refractivity contribution in [1.82, 2.24) is 0 Å². The molecular weight excluding hydrogens is 152 g/mol. The molecule has 0 bridgehead atoms. The lowest BCUT2D eigenvalue weighted by molar-refractivity contribution is -0.141. The first-order valence-electron chi connectivity index (χ1n) is 4.84. The molecule has 2 fully saturated rings. The number of hydrogen-bond acceptors (Lipinski definition) is 1. The van der Waals surface area contributed by atoms with Gasteiger partial charge in [-0.2, -0.15) is 0 Å². The highest BCUT2D eigenvalue weighted by molar-refractivity contribution is 5.70. The van der Waals surface area contributed by atoms with Gasteiger partial charge in [0.05, 0.1) is 5.92 Å². The van der Waals surface area contributed by atoms with Gasteiger partial charge in [-0.15, -0.1) is 0 Å². The Hall–Kier alpha value is -0.530. The molecule has 2 atom stereocenters. The van der Waals surface area contributed by atoms with Crippen LogP contribution in [0.5, 0.6) is 0 Å². The Morgan fingerprint density at radius 3 is 2.17 bits per heavy atom. The first kappa shape index (κ1) is 8.09. The molecule has 2 aliphatic carbocycles. The largest absolute Gasteiger partial charge is 0.481 e. The summed E-state index contributed by atoms with van der Waals surface area (Å²) in [4.78, 5) is 10.6. The zero-order valence-electron chi connectivity index (χ0n) is 7.66. The fraction of sp³-hybridized carbons (Fsp3) is 0.900. The van der Waals surface area contributed by atoms with Crippen molar-refractivity contribution in [2.24, 2.45) is 29.6 Å². The zero-order valence-corrected chi connectivity index (χ0v) is 7.66. The second kappa shape index (κ2) is 2.48. The highest BCUT2D eigenvalue weighted by Gasteiger charge is 2.57. The van der Waals surface area contributed by atoms with Crippen LogP contribution in [0.2, 0.25) is 0 Å². The van der Waals surface area contributed by atoms with Gasteiger partial charge in [-0.25, -0.2) is 0 Å². The molecule has 0 aromatic carbocycles. The minimum Gasteiger partial charge on any atom is -0.481 e. The Morgan fingerprint density at radius 2 is 1.83 bits per heavy atom. The van der Waals surface area contributed by atoms with Crippen LogP contribution in [0.3, 0.4) is 0 Å². The van der Waals surface area contributed by atoms with Crippen LogP contribution in [0.4, 0.5) is 0 Å². The van der Waals surface area contributed by atoms with Crippen LogP contribution in [-0.2, 0) is 4.79 Å². The fourth-order valence-corrected chi connectivity index (χ4v) is 3.08. The zero-order chi connectivity index (χ0) is 8.88. The summed E-state index contributed by atoms with van der Waals surface area (Å²) in [6.07, 6.45) is 1.89. The summed E-state index contributed by atoms with van der Waals surface area (Å²) in [5, 5.41) is 8.78. The Morgan fingerprint density at radius 1 is 1.33 bits per heavy atom. The SMILES string of the molecule is CC(C)C1C2CC(C(=O)O)CC21. The molecule has 0 radical (unpaired) electrons. The normalized spacial score (nSPS) is 44.6. The van der Waals surface area contributed by atoms with E-state index in [9.17, 15) is 4.79 Å². The van der Waals surface area contributed by atoms with Gasteiger partial charge in [-0.05, 0) is 36.5 Å². The highest BCUT2D eigenvalue weighted by atomic mass is 16.4. The molecule has 0 heterocycles. The number of hydrogen-bond donors (Lipinski definition) is 1. The third kappa shape index (κ3) is 1.05. The molecule has 0 saturated heterocycles. The van der Waals surface area contributed by atoms with Crippen LogP contribution in [0.25, 0.3) is 0 Å². The van der Waals surface area contributed by atoms with Crippen molar-refractivity contribution in [2.75, 3.05) is 0 Å². The maximum absolute atomic E-state index is 10.6. The summed E-state index contributed by atoms with van der Waals surface area (Å²) >= 11 is 0. The van der Waals surface area contributed by atoms with Crippen LogP contribution in [-0.4, -0.2) is 11.1 Å². The molecule has 12 heavy (non-hydrogen) atoms. The summed E-state index contributed by atoms with van der Waals surface area (Å²) in [5.74, 6) is 2.52. The first-order chi connectivity index (χ1) is 5.61. The molecule has 2 aliphatic rings. The van der Waals surface area contributed by atoms with E-state index in [1.165, 1.54) is 0 Å². The monoisotopic (exact) mass is 168 g/mol. The molecule has 2 unspecified atom stereocenters. The van der Waals surface area contributed by atoms with Gasteiger partial charge in [0.15, 0.2) is 0 Å². The lowest BCUT2D eigenvalue weighted by Gasteiger charge is -2.11. The highest BCUT2D eigenvalue weighted by Crippen LogP contribution is 2.62. The van der Waals surface area contributed by atoms with Crippen molar-refractivity contribution in [1.29, 1.82) is 0 Å². The van der Waals surface area contributed by atoms with Crippen molar-refractivity contribution in [2.45, 2.75) is 26.7 Å². The van der Waals surface area contributed by atoms with Gasteiger partial charge in [-0.1, -0.05) is 13.8 Å². The van der Waals surface area contributed by atoms with Crippen LogP contribution in [0, 0.1) is 29.6 Å². The third-order valence-corrected chi connectivity index (χ3v) is 3.63. The van der Waals surface area contributed by atoms with Gasteiger partial charge in [-0.3, -0.25) is 4.79 Å². The summed E-state index contributed by atoms with van der Waals surface area (Å²) in [7, 11) is 0. The molecule has 0 aliphatic heterocycles. The van der Waals surface area contributed by atoms with E-state index in [0.29, 0.717) is 0 Å². The smallest absolute Gasteiger partial charge is 0.306 e. The van der Waals surface area contributed by atoms with Gasteiger partial charge < -0.3 is 5.11 Å². The van der Waals surface area contributed by atoms with Crippen LogP contribution < -0.4 is 0 Å². The van der Waals surface area contributed by atoms with Crippen LogP contribution >= 0.6 is 0 Å². The summed E-state index contributed by atoms with van der Waals surface area (Å²) < 4.78 is 0. The van der Waals surface area contributed by atoms with Gasteiger partial charge >= 0.3 is 5.97 Å². The number of carboxylic acid groups (broad SMARTS) is 1. The van der Waals surface area contributed by atoms with E-state index in [4.69, 9.17) is 5.11 Å². The number of fused-ring (bicyclic) bond motifs is 1. The molecular formula is C10H16O2. The first-order valence-corrected chi connectivity index (χ1v) is 4.84. The van der Waals surface area contributed by atoms with E-state index in [1.807, 2.05) is 0 Å². The van der Waals surface area contributed by atoms with E-state index >= 15 is 0 Å². The van der Waals surface area contributed by atoms with E-state index in [0.717, 1.165) is 36.5 Å². The van der Waals surface area contributed by atoms with E-state index in [1.54, 1.807) is 0 Å². The number of carbonyl (C=O) groups is 1. The molecule has 0 aromatic heterocycles.